The van der Waals surface area contributed by atoms with Gasteiger partial charge in [-0.3, -0.25) is 14.9 Å². The Morgan fingerprint density at radius 3 is 2.52 bits per heavy atom. The van der Waals surface area contributed by atoms with Crippen molar-refractivity contribution < 1.29 is 9.66 Å². The molecule has 0 spiro atoms. The average Bonchev–Trinajstić information content (AvgIpc) is 2.61. The molecule has 1 aromatic heterocycles. The van der Waals surface area contributed by atoms with Crippen molar-refractivity contribution in [3.05, 3.63) is 74.7 Å². The fraction of sp³-hybridized carbons (Fsp3) is 0.389. The summed E-state index contributed by atoms with van der Waals surface area (Å²) in [4.78, 5) is 22.3. The summed E-state index contributed by atoms with van der Waals surface area (Å²) in [5.74, 6) is 0. The van der Waals surface area contributed by atoms with E-state index in [1.165, 1.54) is 11.8 Å². The maximum atomic E-state index is 10.6. The van der Waals surface area contributed by atoms with Gasteiger partial charge in [-0.1, -0.05) is 43.7 Å². The largest absolute Gasteiger partial charge is 0.377 e. The second kappa shape index (κ2) is 11.9. The first-order valence-electron chi connectivity index (χ1n) is 8.23. The molecule has 1 heterocycles. The zero-order valence-electron chi connectivity index (χ0n) is 14.4. The molecule has 7 heteroatoms. The molecule has 25 heavy (non-hydrogen) atoms. The van der Waals surface area contributed by atoms with Crippen molar-refractivity contribution in [3.63, 3.8) is 0 Å². The minimum Gasteiger partial charge on any atom is -0.377 e. The van der Waals surface area contributed by atoms with Gasteiger partial charge in [0.25, 0.3) is 5.43 Å². The van der Waals surface area contributed by atoms with Gasteiger partial charge in [0, 0.05) is 24.9 Å². The van der Waals surface area contributed by atoms with E-state index < -0.39 is 16.0 Å². The van der Waals surface area contributed by atoms with Crippen LogP contribution in [0.5, 0.6) is 0 Å². The van der Waals surface area contributed by atoms with Crippen molar-refractivity contribution in [2.75, 3.05) is 6.61 Å². The Hall–Kier alpha value is -2.51. The molecule has 0 aliphatic carbocycles. The Balaban J connectivity index is 0.000000271. The van der Waals surface area contributed by atoms with Gasteiger partial charge in [0.1, 0.15) is 0 Å². The number of hydrogen-bond acceptors (Lipinski definition) is 5. The Bertz CT molecular complexity index is 673. The molecule has 0 bridgehead atoms. The van der Waals surface area contributed by atoms with E-state index in [9.17, 15) is 14.9 Å². The lowest BCUT2D eigenvalue weighted by Crippen LogP contribution is -2.21. The molecule has 136 valence electrons. The summed E-state index contributed by atoms with van der Waals surface area (Å²) in [7, 11) is 0. The third kappa shape index (κ3) is 8.78. The lowest BCUT2D eigenvalue weighted by atomic mass is 10.1. The predicted octanol–water partition coefficient (Wildman–Crippen LogP) is 3.00. The van der Waals surface area contributed by atoms with Gasteiger partial charge in [-0.15, -0.1) is 0 Å². The number of ether oxygens (including phenoxy) is 1. The van der Waals surface area contributed by atoms with Crippen LogP contribution in [-0.2, 0) is 11.3 Å². The molecule has 0 fully saturated rings. The number of aromatic nitrogens is 1. The van der Waals surface area contributed by atoms with Gasteiger partial charge < -0.3 is 15.5 Å². The molecule has 1 atom stereocenters. The highest BCUT2D eigenvalue weighted by molar-refractivity contribution is 5.23. The highest BCUT2D eigenvalue weighted by atomic mass is 16.6. The van der Waals surface area contributed by atoms with E-state index in [0.29, 0.717) is 12.6 Å². The third-order valence-electron chi connectivity index (χ3n) is 3.40. The second-order valence-corrected chi connectivity index (χ2v) is 5.53. The van der Waals surface area contributed by atoms with Crippen LogP contribution in [0.2, 0.25) is 0 Å². The zero-order chi connectivity index (χ0) is 18.5. The first kappa shape index (κ1) is 20.5. The third-order valence-corrected chi connectivity index (χ3v) is 3.40. The van der Waals surface area contributed by atoms with Crippen molar-refractivity contribution in [3.8, 4) is 0 Å². The number of aromatic amines is 1. The zero-order valence-corrected chi connectivity index (χ0v) is 14.4. The molecule has 0 aliphatic rings. The van der Waals surface area contributed by atoms with Crippen LogP contribution in [-0.4, -0.2) is 22.6 Å². The molecular weight excluding hydrogens is 322 g/mol. The van der Waals surface area contributed by atoms with Crippen molar-refractivity contribution in [1.29, 1.82) is 0 Å². The molecule has 2 rings (SSSR count). The molecule has 0 saturated heterocycles. The maximum Gasteiger partial charge on any atom is 0.332 e. The highest BCUT2D eigenvalue weighted by Gasteiger charge is 2.07. The molecular formula is C18H25N3O4. The van der Waals surface area contributed by atoms with Crippen LogP contribution in [0.15, 0.2) is 53.6 Å². The monoisotopic (exact) mass is 347 g/mol. The van der Waals surface area contributed by atoms with E-state index >= 15 is 0 Å². The van der Waals surface area contributed by atoms with Crippen LogP contribution in [0.3, 0.4) is 0 Å². The van der Waals surface area contributed by atoms with E-state index in [1.54, 1.807) is 0 Å². The standard InChI is InChI=1S/C13H21NO.C5H4N2O3/c1-2-6-13(14)9-10-15-11-12-7-4-3-5-8-12;8-5-1-2-6-3-4(5)7(9)10/h3-5,7-8,13H,2,6,9-11,14H2,1H3;1-3H,(H,6,8). The van der Waals surface area contributed by atoms with Crippen LogP contribution in [0, 0.1) is 10.1 Å². The number of rotatable bonds is 8. The highest BCUT2D eigenvalue weighted by Crippen LogP contribution is 2.03. The van der Waals surface area contributed by atoms with Gasteiger partial charge in [-0.25, -0.2) is 0 Å². The normalized spacial score (nSPS) is 11.3. The number of benzene rings is 1. The van der Waals surface area contributed by atoms with E-state index in [-0.39, 0.29) is 0 Å². The van der Waals surface area contributed by atoms with Crippen LogP contribution < -0.4 is 11.2 Å². The first-order chi connectivity index (χ1) is 12.0. The molecule has 0 aliphatic heterocycles. The summed E-state index contributed by atoms with van der Waals surface area (Å²) in [6.07, 6.45) is 5.60. The van der Waals surface area contributed by atoms with Crippen molar-refractivity contribution in [2.24, 2.45) is 5.73 Å². The lowest BCUT2D eigenvalue weighted by molar-refractivity contribution is -0.386. The fourth-order valence-corrected chi connectivity index (χ4v) is 2.06. The summed E-state index contributed by atoms with van der Waals surface area (Å²) in [5.41, 5.74) is 6.10. The van der Waals surface area contributed by atoms with Crippen LogP contribution >= 0.6 is 0 Å². The summed E-state index contributed by atoms with van der Waals surface area (Å²) >= 11 is 0. The molecule has 0 amide bonds. The number of hydrogen-bond donors (Lipinski definition) is 2. The number of nitrogens with one attached hydrogen (secondary N) is 1. The van der Waals surface area contributed by atoms with E-state index in [2.05, 4.69) is 24.0 Å². The number of pyridine rings is 1. The molecule has 7 nitrogen and oxygen atoms in total. The number of nitrogens with zero attached hydrogens (tertiary/aromatic N) is 1. The Morgan fingerprint density at radius 2 is 1.96 bits per heavy atom. The summed E-state index contributed by atoms with van der Waals surface area (Å²) in [6, 6.07) is 11.6. The van der Waals surface area contributed by atoms with Gasteiger partial charge in [-0.2, -0.15) is 0 Å². The van der Waals surface area contributed by atoms with Crippen molar-refractivity contribution in [2.45, 2.75) is 38.8 Å². The predicted molar refractivity (Wildman–Crippen MR) is 97.3 cm³/mol. The van der Waals surface area contributed by atoms with Gasteiger partial charge in [-0.05, 0) is 18.4 Å². The van der Waals surface area contributed by atoms with Gasteiger partial charge in [0.2, 0.25) is 0 Å². The maximum absolute atomic E-state index is 10.6. The van der Waals surface area contributed by atoms with E-state index in [4.69, 9.17) is 10.5 Å². The molecule has 3 N–H and O–H groups in total. The first-order valence-corrected chi connectivity index (χ1v) is 8.23. The van der Waals surface area contributed by atoms with Crippen molar-refractivity contribution >= 4 is 5.69 Å². The topological polar surface area (TPSA) is 111 Å². The molecule has 2 aromatic rings. The van der Waals surface area contributed by atoms with Crippen LogP contribution in [0.1, 0.15) is 31.7 Å². The van der Waals surface area contributed by atoms with Crippen LogP contribution in [0.25, 0.3) is 0 Å². The number of H-pyrrole nitrogens is 1. The second-order valence-electron chi connectivity index (χ2n) is 5.53. The van der Waals surface area contributed by atoms with Gasteiger partial charge >= 0.3 is 5.69 Å². The lowest BCUT2D eigenvalue weighted by Gasteiger charge is -2.10. The SMILES string of the molecule is CCCC(N)CCOCc1ccccc1.O=c1cc[nH]cc1[N+](=O)[O-]. The Labute approximate surface area is 147 Å². The Kier molecular flexibility index (Phi) is 9.81. The van der Waals surface area contributed by atoms with E-state index in [0.717, 1.165) is 38.1 Å². The quantitative estimate of drug-likeness (QED) is 0.433. The molecule has 0 radical (unpaired) electrons. The summed E-state index contributed by atoms with van der Waals surface area (Å²) in [5, 5.41) is 10.0. The van der Waals surface area contributed by atoms with Gasteiger partial charge in [0.05, 0.1) is 17.7 Å². The molecule has 0 saturated carbocycles. The average molecular weight is 347 g/mol. The smallest absolute Gasteiger partial charge is 0.332 e. The van der Waals surface area contributed by atoms with Crippen LogP contribution in [0.4, 0.5) is 5.69 Å². The minimum atomic E-state index is -0.723. The number of nitrogens with two attached hydrogens (primary N) is 1. The minimum absolute atomic E-state index is 0.297. The summed E-state index contributed by atoms with van der Waals surface area (Å²) in [6.45, 7) is 3.61. The van der Waals surface area contributed by atoms with Crippen molar-refractivity contribution in [1.82, 2.24) is 4.98 Å². The Morgan fingerprint density at radius 1 is 1.24 bits per heavy atom. The number of nitro groups is 1. The molecule has 1 aromatic carbocycles. The fourth-order valence-electron chi connectivity index (χ4n) is 2.06. The van der Waals surface area contributed by atoms with E-state index in [1.807, 2.05) is 18.2 Å². The van der Waals surface area contributed by atoms with Gasteiger partial charge in [0.15, 0.2) is 0 Å². The summed E-state index contributed by atoms with van der Waals surface area (Å²) < 4.78 is 5.56. The molecule has 1 unspecified atom stereocenters.